The van der Waals surface area contributed by atoms with Crippen molar-refractivity contribution in [3.8, 4) is 0 Å². The number of carbonyl (C=O) groups excluding carboxylic acids is 1. The maximum atomic E-state index is 13.5. The second-order valence-corrected chi connectivity index (χ2v) is 5.89. The van der Waals surface area contributed by atoms with Crippen LogP contribution in [0.3, 0.4) is 0 Å². The van der Waals surface area contributed by atoms with Gasteiger partial charge in [0.15, 0.2) is 0 Å². The number of hydrogen-bond donors (Lipinski definition) is 2. The fourth-order valence-corrected chi connectivity index (χ4v) is 3.42. The highest BCUT2D eigenvalue weighted by atomic mass is 19.1. The van der Waals surface area contributed by atoms with Gasteiger partial charge in [0.05, 0.1) is 6.04 Å². The summed E-state index contributed by atoms with van der Waals surface area (Å²) in [6.07, 6.45) is 0. The second kappa shape index (κ2) is 5.61. The molecule has 2 amide bonds. The van der Waals surface area contributed by atoms with Crippen LogP contribution in [0.5, 0.6) is 0 Å². The van der Waals surface area contributed by atoms with Crippen LogP contribution in [-0.2, 0) is 0 Å². The van der Waals surface area contributed by atoms with Crippen molar-refractivity contribution in [1.29, 1.82) is 0 Å². The van der Waals surface area contributed by atoms with Gasteiger partial charge in [0.2, 0.25) is 0 Å². The van der Waals surface area contributed by atoms with E-state index in [9.17, 15) is 9.18 Å². The Bertz CT molecular complexity index is 536. The maximum Gasteiger partial charge on any atom is 0.317 e. The standard InChI is InChI=1S/C15H21FN4O/c1-10(17)14(11-3-2-4-12(16)7-11)19-5-6-20-13(9-19)8-18-15(20)21/h2-4,7,10,13-14H,5-6,8-9,17H2,1H3,(H,18,21). The van der Waals surface area contributed by atoms with Crippen LogP contribution in [0.2, 0.25) is 0 Å². The molecule has 6 heteroatoms. The minimum absolute atomic E-state index is 0.0164. The summed E-state index contributed by atoms with van der Waals surface area (Å²) in [6.45, 7) is 4.83. The number of hydrogen-bond acceptors (Lipinski definition) is 3. The third kappa shape index (κ3) is 2.73. The minimum atomic E-state index is -0.241. The van der Waals surface area contributed by atoms with Gasteiger partial charge >= 0.3 is 6.03 Å². The van der Waals surface area contributed by atoms with Gasteiger partial charge in [-0.2, -0.15) is 0 Å². The van der Waals surface area contributed by atoms with E-state index < -0.39 is 0 Å². The van der Waals surface area contributed by atoms with Gasteiger partial charge < -0.3 is 16.0 Å². The van der Waals surface area contributed by atoms with E-state index in [4.69, 9.17) is 5.73 Å². The number of piperazine rings is 1. The van der Waals surface area contributed by atoms with Crippen molar-refractivity contribution in [3.05, 3.63) is 35.6 Å². The summed E-state index contributed by atoms with van der Waals surface area (Å²) < 4.78 is 13.5. The molecule has 3 N–H and O–H groups in total. The fourth-order valence-electron chi connectivity index (χ4n) is 3.42. The van der Waals surface area contributed by atoms with Crippen LogP contribution in [0.1, 0.15) is 18.5 Å². The molecule has 114 valence electrons. The Kier molecular flexibility index (Phi) is 3.82. The van der Waals surface area contributed by atoms with E-state index in [1.54, 1.807) is 12.1 Å². The average molecular weight is 292 g/mol. The Labute approximate surface area is 123 Å². The summed E-state index contributed by atoms with van der Waals surface area (Å²) in [4.78, 5) is 15.8. The first-order chi connectivity index (χ1) is 10.1. The third-order valence-corrected chi connectivity index (χ3v) is 4.35. The van der Waals surface area contributed by atoms with Crippen molar-refractivity contribution in [2.45, 2.75) is 25.0 Å². The summed E-state index contributed by atoms with van der Waals surface area (Å²) >= 11 is 0. The van der Waals surface area contributed by atoms with Gasteiger partial charge in [0.25, 0.3) is 0 Å². The van der Waals surface area contributed by atoms with Crippen molar-refractivity contribution < 1.29 is 9.18 Å². The Balaban J connectivity index is 1.81. The number of nitrogens with two attached hydrogens (primary N) is 1. The Morgan fingerprint density at radius 1 is 1.43 bits per heavy atom. The molecule has 0 spiro atoms. The molecule has 0 saturated carbocycles. The molecule has 3 unspecified atom stereocenters. The molecule has 0 aromatic heterocycles. The molecule has 0 radical (unpaired) electrons. The van der Waals surface area contributed by atoms with Crippen LogP contribution in [-0.4, -0.2) is 54.1 Å². The van der Waals surface area contributed by atoms with Crippen molar-refractivity contribution in [2.75, 3.05) is 26.2 Å². The molecular formula is C15H21FN4O. The molecule has 21 heavy (non-hydrogen) atoms. The smallest absolute Gasteiger partial charge is 0.317 e. The maximum absolute atomic E-state index is 13.5. The fraction of sp³-hybridized carbons (Fsp3) is 0.533. The largest absolute Gasteiger partial charge is 0.336 e. The zero-order valence-corrected chi connectivity index (χ0v) is 12.1. The van der Waals surface area contributed by atoms with Crippen LogP contribution in [0.25, 0.3) is 0 Å². The lowest BCUT2D eigenvalue weighted by Gasteiger charge is -2.42. The molecule has 2 aliphatic heterocycles. The molecular weight excluding hydrogens is 271 g/mol. The molecule has 3 atom stereocenters. The van der Waals surface area contributed by atoms with Crippen molar-refractivity contribution in [2.24, 2.45) is 5.73 Å². The summed E-state index contributed by atoms with van der Waals surface area (Å²) in [7, 11) is 0. The number of rotatable bonds is 3. The Hall–Kier alpha value is -1.66. The second-order valence-electron chi connectivity index (χ2n) is 5.89. The lowest BCUT2D eigenvalue weighted by Crippen LogP contribution is -2.55. The molecule has 2 aliphatic rings. The van der Waals surface area contributed by atoms with Gasteiger partial charge in [0.1, 0.15) is 5.82 Å². The van der Waals surface area contributed by atoms with E-state index in [1.165, 1.54) is 6.07 Å². The lowest BCUT2D eigenvalue weighted by atomic mass is 9.97. The van der Waals surface area contributed by atoms with E-state index in [2.05, 4.69) is 10.2 Å². The van der Waals surface area contributed by atoms with Crippen molar-refractivity contribution in [1.82, 2.24) is 15.1 Å². The summed E-state index contributed by atoms with van der Waals surface area (Å²) in [5, 5.41) is 2.87. The van der Waals surface area contributed by atoms with Gasteiger partial charge in [-0.05, 0) is 24.6 Å². The van der Waals surface area contributed by atoms with E-state index in [1.807, 2.05) is 17.9 Å². The Morgan fingerprint density at radius 2 is 2.24 bits per heavy atom. The molecule has 1 aromatic rings. The number of nitrogens with zero attached hydrogens (tertiary/aromatic N) is 2. The average Bonchev–Trinajstić information content (AvgIpc) is 2.80. The zero-order chi connectivity index (χ0) is 15.0. The number of halogens is 1. The van der Waals surface area contributed by atoms with Crippen LogP contribution in [0.15, 0.2) is 24.3 Å². The van der Waals surface area contributed by atoms with Crippen LogP contribution in [0.4, 0.5) is 9.18 Å². The minimum Gasteiger partial charge on any atom is -0.336 e. The third-order valence-electron chi connectivity index (χ3n) is 4.35. The number of fused-ring (bicyclic) bond motifs is 1. The van der Waals surface area contributed by atoms with E-state index in [0.29, 0.717) is 13.1 Å². The quantitative estimate of drug-likeness (QED) is 0.871. The van der Waals surface area contributed by atoms with E-state index in [0.717, 1.165) is 18.7 Å². The van der Waals surface area contributed by atoms with E-state index in [-0.39, 0.29) is 30.0 Å². The molecule has 2 saturated heterocycles. The van der Waals surface area contributed by atoms with Gasteiger partial charge in [0, 0.05) is 38.3 Å². The van der Waals surface area contributed by atoms with Crippen molar-refractivity contribution >= 4 is 6.03 Å². The molecule has 3 rings (SSSR count). The van der Waals surface area contributed by atoms with Gasteiger partial charge in [-0.3, -0.25) is 4.90 Å². The number of benzene rings is 1. The summed E-state index contributed by atoms with van der Waals surface area (Å²) in [6, 6.07) is 6.70. The topological polar surface area (TPSA) is 61.6 Å². The monoisotopic (exact) mass is 292 g/mol. The lowest BCUT2D eigenvalue weighted by molar-refractivity contribution is 0.0794. The molecule has 0 aliphatic carbocycles. The first kappa shape index (κ1) is 14.3. The predicted octanol–water partition coefficient (Wildman–Crippen LogP) is 0.923. The first-order valence-electron chi connectivity index (χ1n) is 7.36. The van der Waals surface area contributed by atoms with Crippen LogP contribution < -0.4 is 11.1 Å². The zero-order valence-electron chi connectivity index (χ0n) is 12.1. The molecule has 2 fully saturated rings. The van der Waals surface area contributed by atoms with Crippen LogP contribution >= 0.6 is 0 Å². The highest BCUT2D eigenvalue weighted by molar-refractivity contribution is 5.77. The number of nitrogens with one attached hydrogen (secondary N) is 1. The highest BCUT2D eigenvalue weighted by Gasteiger charge is 2.38. The SMILES string of the molecule is CC(N)C(c1cccc(F)c1)N1CCN2C(=O)NCC2C1. The summed E-state index contributed by atoms with van der Waals surface area (Å²) in [5.74, 6) is -0.241. The number of carbonyl (C=O) groups is 1. The van der Waals surface area contributed by atoms with E-state index >= 15 is 0 Å². The van der Waals surface area contributed by atoms with Crippen LogP contribution in [0, 0.1) is 5.82 Å². The summed E-state index contributed by atoms with van der Waals surface area (Å²) in [5.41, 5.74) is 7.05. The molecule has 0 bridgehead atoms. The Morgan fingerprint density at radius 3 is 2.95 bits per heavy atom. The highest BCUT2D eigenvalue weighted by Crippen LogP contribution is 2.27. The molecule has 1 aromatic carbocycles. The first-order valence-corrected chi connectivity index (χ1v) is 7.36. The number of amides is 2. The van der Waals surface area contributed by atoms with Gasteiger partial charge in [-0.1, -0.05) is 12.1 Å². The van der Waals surface area contributed by atoms with Gasteiger partial charge in [-0.15, -0.1) is 0 Å². The van der Waals surface area contributed by atoms with Gasteiger partial charge in [-0.25, -0.2) is 9.18 Å². The normalized spacial score (nSPS) is 25.4. The van der Waals surface area contributed by atoms with Crippen molar-refractivity contribution in [3.63, 3.8) is 0 Å². The molecule has 2 heterocycles. The number of urea groups is 1. The molecule has 5 nitrogen and oxygen atoms in total. The predicted molar refractivity (Wildman–Crippen MR) is 78.3 cm³/mol.